The molecule has 5 heteroatoms. The Balaban J connectivity index is 1.41. The van der Waals surface area contributed by atoms with Gasteiger partial charge in [0, 0.05) is 18.8 Å². The molecule has 0 aliphatic carbocycles. The maximum Gasteiger partial charge on any atom is 0.233 e. The Morgan fingerprint density at radius 3 is 2.52 bits per heavy atom. The van der Waals surface area contributed by atoms with Gasteiger partial charge in [-0.05, 0) is 61.9 Å². The summed E-state index contributed by atoms with van der Waals surface area (Å²) in [6.07, 6.45) is 4.43. The summed E-state index contributed by atoms with van der Waals surface area (Å²) in [6.45, 7) is 3.42. The zero-order valence-corrected chi connectivity index (χ0v) is 12.9. The Bertz CT molecular complexity index is 712. The van der Waals surface area contributed by atoms with E-state index in [1.807, 2.05) is 30.3 Å². The van der Waals surface area contributed by atoms with E-state index in [1.54, 1.807) is 6.20 Å². The summed E-state index contributed by atoms with van der Waals surface area (Å²) in [4.78, 5) is 6.62. The quantitative estimate of drug-likeness (QED) is 0.791. The van der Waals surface area contributed by atoms with Crippen LogP contribution in [0, 0.1) is 17.8 Å². The van der Waals surface area contributed by atoms with Crippen LogP contribution >= 0.6 is 0 Å². The number of rotatable bonds is 2. The molecule has 0 aromatic carbocycles. The molecule has 116 valence electrons. The predicted octanol–water partition coefficient (Wildman–Crippen LogP) is 1.74. The molecule has 5 rings (SSSR count). The van der Waals surface area contributed by atoms with Gasteiger partial charge in [-0.25, -0.2) is 4.98 Å². The minimum Gasteiger partial charge on any atom is -0.472 e. The monoisotopic (exact) mass is 306 g/mol. The SMILES string of the molecule is C(#Cc1ccc(OC2CN3CCC2CC3)nn1)c1ccccn1. The normalized spacial score (nSPS) is 25.5. The molecule has 5 heterocycles. The zero-order valence-electron chi connectivity index (χ0n) is 12.9. The Labute approximate surface area is 135 Å². The van der Waals surface area contributed by atoms with E-state index < -0.39 is 0 Å². The zero-order chi connectivity index (χ0) is 15.5. The fraction of sp³-hybridized carbons (Fsp3) is 0.389. The van der Waals surface area contributed by atoms with E-state index >= 15 is 0 Å². The molecule has 2 aromatic heterocycles. The molecule has 1 atom stereocenters. The standard InChI is InChI=1S/C18H18N4O/c1-2-10-19-15(3-1)4-5-16-6-7-18(21-20-16)23-17-13-22-11-8-14(17)9-12-22/h1-3,6-7,10,14,17H,8-9,11-13H2. The van der Waals surface area contributed by atoms with Gasteiger partial charge in [-0.3, -0.25) is 4.90 Å². The fourth-order valence-corrected chi connectivity index (χ4v) is 3.21. The lowest BCUT2D eigenvalue weighted by molar-refractivity contribution is -0.0104. The van der Waals surface area contributed by atoms with Crippen LogP contribution in [0.4, 0.5) is 0 Å². The highest BCUT2D eigenvalue weighted by Crippen LogP contribution is 2.29. The molecule has 3 aliphatic heterocycles. The van der Waals surface area contributed by atoms with Crippen molar-refractivity contribution in [1.82, 2.24) is 20.1 Å². The van der Waals surface area contributed by atoms with Crippen LogP contribution in [0.25, 0.3) is 0 Å². The van der Waals surface area contributed by atoms with Gasteiger partial charge in [0.05, 0.1) is 0 Å². The van der Waals surface area contributed by atoms with E-state index in [9.17, 15) is 0 Å². The van der Waals surface area contributed by atoms with Gasteiger partial charge in [-0.1, -0.05) is 6.07 Å². The van der Waals surface area contributed by atoms with Gasteiger partial charge in [0.25, 0.3) is 0 Å². The number of nitrogens with zero attached hydrogens (tertiary/aromatic N) is 4. The number of ether oxygens (including phenoxy) is 1. The Morgan fingerprint density at radius 2 is 1.87 bits per heavy atom. The Kier molecular flexibility index (Phi) is 3.91. The van der Waals surface area contributed by atoms with Gasteiger partial charge in [0.15, 0.2) is 0 Å². The topological polar surface area (TPSA) is 51.1 Å². The second kappa shape index (κ2) is 6.35. The van der Waals surface area contributed by atoms with Gasteiger partial charge < -0.3 is 4.74 Å². The van der Waals surface area contributed by atoms with Crippen molar-refractivity contribution in [3.63, 3.8) is 0 Å². The third-order valence-electron chi connectivity index (χ3n) is 4.49. The van der Waals surface area contributed by atoms with Gasteiger partial charge in [-0.15, -0.1) is 10.2 Å². The van der Waals surface area contributed by atoms with E-state index in [0.29, 0.717) is 17.5 Å². The molecule has 0 saturated carbocycles. The van der Waals surface area contributed by atoms with Crippen molar-refractivity contribution < 1.29 is 4.74 Å². The molecule has 3 fully saturated rings. The van der Waals surface area contributed by atoms with Crippen LogP contribution in [0.3, 0.4) is 0 Å². The number of hydrogen-bond acceptors (Lipinski definition) is 5. The maximum atomic E-state index is 6.03. The highest BCUT2D eigenvalue weighted by atomic mass is 16.5. The number of hydrogen-bond donors (Lipinski definition) is 0. The number of fused-ring (bicyclic) bond motifs is 3. The van der Waals surface area contributed by atoms with E-state index in [-0.39, 0.29) is 6.10 Å². The summed E-state index contributed by atoms with van der Waals surface area (Å²) in [6, 6.07) is 9.34. The van der Waals surface area contributed by atoms with Crippen LogP contribution in [0.1, 0.15) is 24.2 Å². The molecule has 3 aliphatic rings. The summed E-state index contributed by atoms with van der Waals surface area (Å²) < 4.78 is 6.03. The number of pyridine rings is 1. The molecule has 1 unspecified atom stereocenters. The summed E-state index contributed by atoms with van der Waals surface area (Å²) in [5.41, 5.74) is 1.35. The molecular weight excluding hydrogens is 288 g/mol. The van der Waals surface area contributed by atoms with Gasteiger partial charge >= 0.3 is 0 Å². The largest absolute Gasteiger partial charge is 0.472 e. The second-order valence-corrected chi connectivity index (χ2v) is 6.02. The van der Waals surface area contributed by atoms with Crippen LogP contribution in [0.2, 0.25) is 0 Å². The van der Waals surface area contributed by atoms with Crippen LogP contribution in [-0.2, 0) is 0 Å². The van der Waals surface area contributed by atoms with Gasteiger partial charge in [-0.2, -0.15) is 0 Å². The van der Waals surface area contributed by atoms with Crippen molar-refractivity contribution in [1.29, 1.82) is 0 Å². The van der Waals surface area contributed by atoms with Crippen molar-refractivity contribution in [3.8, 4) is 17.7 Å². The number of aromatic nitrogens is 3. The molecular formula is C18H18N4O. The third kappa shape index (κ3) is 3.33. The Morgan fingerprint density at radius 1 is 1.00 bits per heavy atom. The first-order valence-electron chi connectivity index (χ1n) is 8.02. The Hall–Kier alpha value is -2.45. The first-order valence-corrected chi connectivity index (χ1v) is 8.02. The molecule has 3 saturated heterocycles. The molecule has 0 spiro atoms. The summed E-state index contributed by atoms with van der Waals surface area (Å²) >= 11 is 0. The maximum absolute atomic E-state index is 6.03. The van der Waals surface area contributed by atoms with Crippen LogP contribution < -0.4 is 4.74 Å². The lowest BCUT2D eigenvalue weighted by Gasteiger charge is -2.44. The first-order chi connectivity index (χ1) is 11.4. The van der Waals surface area contributed by atoms with Crippen molar-refractivity contribution in [2.75, 3.05) is 19.6 Å². The van der Waals surface area contributed by atoms with E-state index in [0.717, 1.165) is 12.2 Å². The van der Waals surface area contributed by atoms with Gasteiger partial charge in [0.2, 0.25) is 5.88 Å². The lowest BCUT2D eigenvalue weighted by atomic mass is 9.86. The van der Waals surface area contributed by atoms with Crippen molar-refractivity contribution in [2.24, 2.45) is 5.92 Å². The van der Waals surface area contributed by atoms with Crippen LogP contribution in [0.15, 0.2) is 36.5 Å². The minimum atomic E-state index is 0.247. The number of piperidine rings is 3. The smallest absolute Gasteiger partial charge is 0.233 e. The average Bonchev–Trinajstić information content (AvgIpc) is 2.63. The molecule has 5 nitrogen and oxygen atoms in total. The van der Waals surface area contributed by atoms with E-state index in [2.05, 4.69) is 31.9 Å². The second-order valence-electron chi connectivity index (χ2n) is 6.02. The predicted molar refractivity (Wildman–Crippen MR) is 85.8 cm³/mol. The van der Waals surface area contributed by atoms with Crippen LogP contribution in [-0.4, -0.2) is 45.8 Å². The molecule has 0 N–H and O–H groups in total. The fourth-order valence-electron chi connectivity index (χ4n) is 3.21. The summed E-state index contributed by atoms with van der Waals surface area (Å²) in [5, 5.41) is 8.29. The highest BCUT2D eigenvalue weighted by molar-refractivity contribution is 5.35. The van der Waals surface area contributed by atoms with Crippen LogP contribution in [0.5, 0.6) is 5.88 Å². The third-order valence-corrected chi connectivity index (χ3v) is 4.49. The van der Waals surface area contributed by atoms with Crippen molar-refractivity contribution in [2.45, 2.75) is 18.9 Å². The summed E-state index contributed by atoms with van der Waals surface area (Å²) in [7, 11) is 0. The molecule has 2 aromatic rings. The minimum absolute atomic E-state index is 0.247. The highest BCUT2D eigenvalue weighted by Gasteiger charge is 2.35. The summed E-state index contributed by atoms with van der Waals surface area (Å²) in [5.74, 6) is 7.19. The molecule has 0 amide bonds. The molecule has 0 radical (unpaired) electrons. The van der Waals surface area contributed by atoms with Gasteiger partial charge in [0.1, 0.15) is 17.5 Å². The lowest BCUT2D eigenvalue weighted by Crippen LogP contribution is -2.52. The molecule has 2 bridgehead atoms. The van der Waals surface area contributed by atoms with Crippen molar-refractivity contribution in [3.05, 3.63) is 47.9 Å². The average molecular weight is 306 g/mol. The van der Waals surface area contributed by atoms with E-state index in [4.69, 9.17) is 4.74 Å². The first kappa shape index (κ1) is 14.2. The van der Waals surface area contributed by atoms with Crippen molar-refractivity contribution >= 4 is 0 Å². The van der Waals surface area contributed by atoms with E-state index in [1.165, 1.54) is 25.9 Å². The molecule has 23 heavy (non-hydrogen) atoms.